The molecule has 0 heterocycles. The van der Waals surface area contributed by atoms with E-state index in [1.807, 2.05) is 18.2 Å². The van der Waals surface area contributed by atoms with Crippen LogP contribution in [-0.4, -0.2) is 20.0 Å². The number of carbonyl (C=O) groups excluding carboxylic acids is 2. The minimum absolute atomic E-state index is 0.302. The van der Waals surface area contributed by atoms with Crippen molar-refractivity contribution in [3.05, 3.63) is 30.3 Å². The standard InChI is InChI=1S/C16H24O3Si/c1-16(2,3)15(18)19-14(17)11-12-20(4,5)13-9-7-6-8-10-13/h6-10H,11-12H2,1-5H3. The topological polar surface area (TPSA) is 43.4 Å². The Labute approximate surface area is 122 Å². The van der Waals surface area contributed by atoms with Crippen molar-refractivity contribution >= 4 is 25.2 Å². The van der Waals surface area contributed by atoms with E-state index in [-0.39, 0.29) is 0 Å². The molecule has 0 N–H and O–H groups in total. The van der Waals surface area contributed by atoms with E-state index in [1.165, 1.54) is 5.19 Å². The molecule has 0 aliphatic rings. The third-order valence-corrected chi connectivity index (χ3v) is 6.72. The van der Waals surface area contributed by atoms with Gasteiger partial charge in [0, 0.05) is 6.42 Å². The predicted molar refractivity (Wildman–Crippen MR) is 83.5 cm³/mol. The van der Waals surface area contributed by atoms with Crippen LogP contribution in [0.2, 0.25) is 19.1 Å². The van der Waals surface area contributed by atoms with E-state index in [4.69, 9.17) is 4.74 Å². The molecule has 0 aromatic heterocycles. The lowest BCUT2D eigenvalue weighted by molar-refractivity contribution is -0.165. The molecule has 0 aliphatic carbocycles. The number of rotatable bonds is 4. The van der Waals surface area contributed by atoms with Gasteiger partial charge in [-0.05, 0) is 26.8 Å². The van der Waals surface area contributed by atoms with E-state index in [0.717, 1.165) is 6.04 Å². The van der Waals surface area contributed by atoms with Crippen molar-refractivity contribution in [2.24, 2.45) is 5.41 Å². The molecule has 0 spiro atoms. The molecule has 1 aromatic carbocycles. The second kappa shape index (κ2) is 6.35. The molecule has 0 fully saturated rings. The van der Waals surface area contributed by atoms with Crippen LogP contribution in [0, 0.1) is 5.41 Å². The Bertz CT molecular complexity index is 472. The molecule has 4 heteroatoms. The number of benzene rings is 1. The number of hydrogen-bond donors (Lipinski definition) is 0. The first-order valence-electron chi connectivity index (χ1n) is 6.93. The summed E-state index contributed by atoms with van der Waals surface area (Å²) < 4.78 is 4.89. The summed E-state index contributed by atoms with van der Waals surface area (Å²) in [5, 5.41) is 1.31. The van der Waals surface area contributed by atoms with Crippen LogP contribution in [0.15, 0.2) is 30.3 Å². The smallest absolute Gasteiger partial charge is 0.318 e. The highest BCUT2D eigenvalue weighted by atomic mass is 28.3. The number of hydrogen-bond acceptors (Lipinski definition) is 3. The van der Waals surface area contributed by atoms with Gasteiger partial charge in [0.15, 0.2) is 0 Å². The highest BCUT2D eigenvalue weighted by molar-refractivity contribution is 6.89. The summed E-state index contributed by atoms with van der Waals surface area (Å²) >= 11 is 0. The fraction of sp³-hybridized carbons (Fsp3) is 0.500. The molecule has 0 saturated carbocycles. The fourth-order valence-corrected chi connectivity index (χ4v) is 3.97. The first-order chi connectivity index (χ1) is 9.13. The fourth-order valence-electron chi connectivity index (χ4n) is 1.76. The third-order valence-electron chi connectivity index (χ3n) is 3.33. The summed E-state index contributed by atoms with van der Waals surface area (Å²) in [5.41, 5.74) is -0.637. The molecule has 3 nitrogen and oxygen atoms in total. The van der Waals surface area contributed by atoms with Gasteiger partial charge in [0.2, 0.25) is 0 Å². The predicted octanol–water partition coefficient (Wildman–Crippen LogP) is 3.11. The molecule has 0 atom stereocenters. The number of ether oxygens (including phenoxy) is 1. The minimum atomic E-state index is -1.65. The average molecular weight is 292 g/mol. The van der Waals surface area contributed by atoms with Crippen molar-refractivity contribution in [3.8, 4) is 0 Å². The Morgan fingerprint density at radius 1 is 1.10 bits per heavy atom. The van der Waals surface area contributed by atoms with Crippen LogP contribution in [0.25, 0.3) is 0 Å². The lowest BCUT2D eigenvalue weighted by Crippen LogP contribution is -2.41. The summed E-state index contributed by atoms with van der Waals surface area (Å²) in [6, 6.07) is 11.0. The Hall–Kier alpha value is -1.42. The van der Waals surface area contributed by atoms with Gasteiger partial charge in [-0.3, -0.25) is 9.59 Å². The summed E-state index contributed by atoms with van der Waals surface area (Å²) in [5.74, 6) is -0.872. The van der Waals surface area contributed by atoms with Gasteiger partial charge in [0.1, 0.15) is 0 Å². The van der Waals surface area contributed by atoms with Crippen molar-refractivity contribution < 1.29 is 14.3 Å². The van der Waals surface area contributed by atoms with Crippen molar-refractivity contribution in [3.63, 3.8) is 0 Å². The van der Waals surface area contributed by atoms with Crippen LogP contribution in [0.4, 0.5) is 0 Å². The molecular formula is C16H24O3Si. The second-order valence-corrected chi connectivity index (χ2v) is 11.6. The van der Waals surface area contributed by atoms with Crippen LogP contribution >= 0.6 is 0 Å². The SMILES string of the molecule is CC(C)(C)C(=O)OC(=O)CC[Si](C)(C)c1ccccc1. The summed E-state index contributed by atoms with van der Waals surface area (Å²) in [6.45, 7) is 9.67. The Morgan fingerprint density at radius 3 is 2.15 bits per heavy atom. The highest BCUT2D eigenvalue weighted by Crippen LogP contribution is 2.17. The van der Waals surface area contributed by atoms with Gasteiger partial charge in [-0.15, -0.1) is 0 Å². The molecule has 0 amide bonds. The molecule has 110 valence electrons. The molecule has 0 unspecified atom stereocenters. The van der Waals surface area contributed by atoms with Crippen LogP contribution in [0.3, 0.4) is 0 Å². The summed E-state index contributed by atoms with van der Waals surface area (Å²) in [7, 11) is -1.65. The van der Waals surface area contributed by atoms with Crippen molar-refractivity contribution in [1.82, 2.24) is 0 Å². The summed E-state index contributed by atoms with van der Waals surface area (Å²) in [6.07, 6.45) is 0.302. The van der Waals surface area contributed by atoms with Crippen LogP contribution in [0.1, 0.15) is 27.2 Å². The van der Waals surface area contributed by atoms with E-state index < -0.39 is 25.4 Å². The van der Waals surface area contributed by atoms with Gasteiger partial charge >= 0.3 is 11.9 Å². The molecule has 20 heavy (non-hydrogen) atoms. The Kier molecular flexibility index (Phi) is 5.28. The maximum Gasteiger partial charge on any atom is 0.318 e. The maximum absolute atomic E-state index is 11.8. The first-order valence-corrected chi connectivity index (χ1v) is 10.1. The molecule has 0 aliphatic heterocycles. The number of carbonyl (C=O) groups is 2. The lowest BCUT2D eigenvalue weighted by Gasteiger charge is -2.22. The minimum Gasteiger partial charge on any atom is -0.393 e. The largest absolute Gasteiger partial charge is 0.393 e. The van der Waals surface area contributed by atoms with Crippen LogP contribution in [-0.2, 0) is 14.3 Å². The molecule has 1 rings (SSSR count). The van der Waals surface area contributed by atoms with Crippen molar-refractivity contribution in [1.29, 1.82) is 0 Å². The quantitative estimate of drug-likeness (QED) is 0.486. The summed E-state index contributed by atoms with van der Waals surface area (Å²) in [4.78, 5) is 23.4. The first kappa shape index (κ1) is 16.6. The van der Waals surface area contributed by atoms with Gasteiger partial charge in [-0.25, -0.2) is 0 Å². The normalized spacial score (nSPS) is 12.1. The maximum atomic E-state index is 11.8. The van der Waals surface area contributed by atoms with Gasteiger partial charge in [0.05, 0.1) is 13.5 Å². The van der Waals surface area contributed by atoms with Gasteiger partial charge in [-0.2, -0.15) is 0 Å². The molecular weight excluding hydrogens is 268 g/mol. The zero-order valence-corrected chi connectivity index (χ0v) is 14.0. The van der Waals surface area contributed by atoms with Gasteiger partial charge in [-0.1, -0.05) is 48.6 Å². The highest BCUT2D eigenvalue weighted by Gasteiger charge is 2.28. The van der Waals surface area contributed by atoms with Crippen LogP contribution < -0.4 is 5.19 Å². The van der Waals surface area contributed by atoms with E-state index in [9.17, 15) is 9.59 Å². The molecule has 0 radical (unpaired) electrons. The van der Waals surface area contributed by atoms with Crippen LogP contribution in [0.5, 0.6) is 0 Å². The third kappa shape index (κ3) is 4.93. The molecule has 0 saturated heterocycles. The average Bonchev–Trinajstić information content (AvgIpc) is 2.36. The van der Waals surface area contributed by atoms with Gasteiger partial charge < -0.3 is 4.74 Å². The molecule has 1 aromatic rings. The monoisotopic (exact) mass is 292 g/mol. The second-order valence-electron chi connectivity index (χ2n) is 6.76. The van der Waals surface area contributed by atoms with E-state index in [1.54, 1.807) is 20.8 Å². The van der Waals surface area contributed by atoms with E-state index in [2.05, 4.69) is 25.2 Å². The Morgan fingerprint density at radius 2 is 1.65 bits per heavy atom. The lowest BCUT2D eigenvalue weighted by atomic mass is 9.97. The number of esters is 2. The zero-order chi connectivity index (χ0) is 15.4. The van der Waals surface area contributed by atoms with Crippen molar-refractivity contribution in [2.75, 3.05) is 0 Å². The van der Waals surface area contributed by atoms with Gasteiger partial charge in [0.25, 0.3) is 0 Å². The van der Waals surface area contributed by atoms with E-state index >= 15 is 0 Å². The Balaban J connectivity index is 2.55. The van der Waals surface area contributed by atoms with E-state index in [0.29, 0.717) is 6.42 Å². The molecule has 0 bridgehead atoms. The van der Waals surface area contributed by atoms with Crippen molar-refractivity contribution in [2.45, 2.75) is 46.3 Å². The zero-order valence-electron chi connectivity index (χ0n) is 13.0.